The lowest BCUT2D eigenvalue weighted by molar-refractivity contribution is -0.134. The van der Waals surface area contributed by atoms with Crippen LogP contribution in [-0.4, -0.2) is 16.2 Å². The predicted molar refractivity (Wildman–Crippen MR) is 59.5 cm³/mol. The number of aliphatic hydroxyl groups is 1. The van der Waals surface area contributed by atoms with E-state index in [0.717, 1.165) is 12.5 Å². The number of hydrogen-bond acceptors (Lipinski definition) is 2. The molecule has 0 saturated carbocycles. The molecule has 0 aliphatic carbocycles. The summed E-state index contributed by atoms with van der Waals surface area (Å²) in [5, 5.41) is 16.9. The van der Waals surface area contributed by atoms with E-state index < -0.39 is 12.1 Å². The van der Waals surface area contributed by atoms with Crippen LogP contribution >= 0.6 is 0 Å². The first-order valence-corrected chi connectivity index (χ1v) is 4.61. The summed E-state index contributed by atoms with van der Waals surface area (Å²) < 4.78 is 0. The van der Waals surface area contributed by atoms with Crippen molar-refractivity contribution in [2.45, 2.75) is 19.4 Å². The number of rotatable bonds is 3. The fourth-order valence-electron chi connectivity index (χ4n) is 0.969. The van der Waals surface area contributed by atoms with E-state index in [4.69, 9.17) is 9.90 Å². The predicted octanol–water partition coefficient (Wildman–Crippen LogP) is 2.39. The molecule has 0 bridgehead atoms. The topological polar surface area (TPSA) is 57.5 Å². The second-order valence-electron chi connectivity index (χ2n) is 2.97. The van der Waals surface area contributed by atoms with Crippen molar-refractivity contribution < 1.29 is 15.0 Å². The van der Waals surface area contributed by atoms with Gasteiger partial charge in [-0.2, -0.15) is 0 Å². The van der Waals surface area contributed by atoms with Crippen LogP contribution in [0.5, 0.6) is 0 Å². The Morgan fingerprint density at radius 1 is 1.47 bits per heavy atom. The third kappa shape index (κ3) is 7.46. The molecule has 0 aliphatic rings. The lowest BCUT2D eigenvalue weighted by Crippen LogP contribution is -1.93. The van der Waals surface area contributed by atoms with E-state index in [2.05, 4.69) is 6.58 Å². The van der Waals surface area contributed by atoms with Gasteiger partial charge in [0.1, 0.15) is 0 Å². The summed E-state index contributed by atoms with van der Waals surface area (Å²) in [5.74, 6) is -0.833. The standard InChI is InChI=1S/C10H12O.C2H4O2/c1-2-6-10(11)9-7-4-3-5-8-9;1-2(3)4/h2-5,7-8,10-11H,1,6H2;1H3,(H,3,4). The highest BCUT2D eigenvalue weighted by molar-refractivity contribution is 5.62. The Morgan fingerprint density at radius 2 is 1.93 bits per heavy atom. The van der Waals surface area contributed by atoms with Crippen LogP contribution in [0.15, 0.2) is 43.0 Å². The Hall–Kier alpha value is -1.61. The summed E-state index contributed by atoms with van der Waals surface area (Å²) in [6.45, 7) is 4.65. The minimum atomic E-state index is -0.833. The highest BCUT2D eigenvalue weighted by atomic mass is 16.4. The number of aliphatic carboxylic acids is 1. The molecule has 2 N–H and O–H groups in total. The van der Waals surface area contributed by atoms with E-state index in [9.17, 15) is 5.11 Å². The monoisotopic (exact) mass is 208 g/mol. The van der Waals surface area contributed by atoms with Crippen molar-refractivity contribution in [2.75, 3.05) is 0 Å². The number of carboxylic acid groups (broad SMARTS) is 1. The summed E-state index contributed by atoms with van der Waals surface area (Å²) >= 11 is 0. The molecule has 3 heteroatoms. The first-order valence-electron chi connectivity index (χ1n) is 4.61. The normalized spacial score (nSPS) is 10.8. The maximum absolute atomic E-state index is 9.45. The molecule has 0 radical (unpaired) electrons. The first-order chi connectivity index (χ1) is 7.07. The van der Waals surface area contributed by atoms with Gasteiger partial charge in [-0.25, -0.2) is 0 Å². The Bertz CT molecular complexity index is 289. The molecule has 0 heterocycles. The van der Waals surface area contributed by atoms with E-state index in [0.29, 0.717) is 6.42 Å². The summed E-state index contributed by atoms with van der Waals surface area (Å²) in [6.07, 6.45) is 1.94. The molecule has 1 rings (SSSR count). The van der Waals surface area contributed by atoms with Gasteiger partial charge in [0.15, 0.2) is 0 Å². The Balaban J connectivity index is 0.000000423. The van der Waals surface area contributed by atoms with Crippen molar-refractivity contribution in [3.8, 4) is 0 Å². The van der Waals surface area contributed by atoms with Crippen LogP contribution in [0.1, 0.15) is 25.0 Å². The summed E-state index contributed by atoms with van der Waals surface area (Å²) in [5.41, 5.74) is 0.951. The van der Waals surface area contributed by atoms with Gasteiger partial charge in [0, 0.05) is 6.92 Å². The maximum atomic E-state index is 9.45. The van der Waals surface area contributed by atoms with Gasteiger partial charge in [-0.05, 0) is 12.0 Å². The molecule has 15 heavy (non-hydrogen) atoms. The molecule has 1 aromatic rings. The number of benzene rings is 1. The summed E-state index contributed by atoms with van der Waals surface area (Å²) in [7, 11) is 0. The second kappa shape index (κ2) is 7.76. The Labute approximate surface area is 89.7 Å². The van der Waals surface area contributed by atoms with Crippen LogP contribution in [0.4, 0.5) is 0 Å². The molecular formula is C12H16O3. The zero-order chi connectivity index (χ0) is 11.7. The van der Waals surface area contributed by atoms with E-state index in [-0.39, 0.29) is 0 Å². The molecule has 3 nitrogen and oxygen atoms in total. The highest BCUT2D eigenvalue weighted by Gasteiger charge is 2.02. The van der Waals surface area contributed by atoms with Crippen molar-refractivity contribution in [3.63, 3.8) is 0 Å². The molecule has 0 aliphatic heterocycles. The van der Waals surface area contributed by atoms with E-state index >= 15 is 0 Å². The SMILES string of the molecule is C=CCC(O)c1ccccc1.CC(=O)O. The summed E-state index contributed by atoms with van der Waals surface area (Å²) in [6, 6.07) is 9.59. The van der Waals surface area contributed by atoms with Gasteiger partial charge in [-0.3, -0.25) is 4.79 Å². The van der Waals surface area contributed by atoms with Crippen LogP contribution in [0.2, 0.25) is 0 Å². The molecule has 1 unspecified atom stereocenters. The van der Waals surface area contributed by atoms with Crippen LogP contribution < -0.4 is 0 Å². The van der Waals surface area contributed by atoms with Crippen molar-refractivity contribution in [1.29, 1.82) is 0 Å². The molecule has 0 aromatic heterocycles. The Morgan fingerprint density at radius 3 is 2.33 bits per heavy atom. The molecule has 0 amide bonds. The highest BCUT2D eigenvalue weighted by Crippen LogP contribution is 2.15. The number of carbonyl (C=O) groups is 1. The van der Waals surface area contributed by atoms with Crippen LogP contribution in [0, 0.1) is 0 Å². The van der Waals surface area contributed by atoms with E-state index in [1.807, 2.05) is 30.3 Å². The molecule has 1 atom stereocenters. The van der Waals surface area contributed by atoms with Gasteiger partial charge in [0.2, 0.25) is 0 Å². The zero-order valence-corrected chi connectivity index (χ0v) is 8.76. The maximum Gasteiger partial charge on any atom is 0.300 e. The van der Waals surface area contributed by atoms with Gasteiger partial charge in [-0.15, -0.1) is 6.58 Å². The lowest BCUT2D eigenvalue weighted by atomic mass is 10.1. The molecular weight excluding hydrogens is 192 g/mol. The smallest absolute Gasteiger partial charge is 0.300 e. The van der Waals surface area contributed by atoms with Gasteiger partial charge in [0.05, 0.1) is 6.10 Å². The minimum Gasteiger partial charge on any atom is -0.481 e. The Kier molecular flexibility index (Phi) is 6.93. The average molecular weight is 208 g/mol. The lowest BCUT2D eigenvalue weighted by Gasteiger charge is -2.06. The molecule has 0 saturated heterocycles. The van der Waals surface area contributed by atoms with Crippen molar-refractivity contribution in [2.24, 2.45) is 0 Å². The van der Waals surface area contributed by atoms with E-state index in [1.165, 1.54) is 0 Å². The van der Waals surface area contributed by atoms with Gasteiger partial charge in [-0.1, -0.05) is 36.4 Å². The molecule has 0 spiro atoms. The van der Waals surface area contributed by atoms with Crippen LogP contribution in [0.25, 0.3) is 0 Å². The fourth-order valence-corrected chi connectivity index (χ4v) is 0.969. The van der Waals surface area contributed by atoms with Gasteiger partial charge >= 0.3 is 0 Å². The van der Waals surface area contributed by atoms with E-state index in [1.54, 1.807) is 6.08 Å². The third-order valence-electron chi connectivity index (χ3n) is 1.57. The largest absolute Gasteiger partial charge is 0.481 e. The van der Waals surface area contributed by atoms with Crippen LogP contribution in [0.3, 0.4) is 0 Å². The second-order valence-corrected chi connectivity index (χ2v) is 2.97. The molecule has 1 aromatic carbocycles. The van der Waals surface area contributed by atoms with Crippen LogP contribution in [-0.2, 0) is 4.79 Å². The number of carboxylic acids is 1. The fraction of sp³-hybridized carbons (Fsp3) is 0.250. The van der Waals surface area contributed by atoms with Gasteiger partial charge in [0.25, 0.3) is 5.97 Å². The van der Waals surface area contributed by atoms with Crippen molar-refractivity contribution >= 4 is 5.97 Å². The van der Waals surface area contributed by atoms with Crippen molar-refractivity contribution in [1.82, 2.24) is 0 Å². The summed E-state index contributed by atoms with van der Waals surface area (Å²) in [4.78, 5) is 9.00. The average Bonchev–Trinajstić information content (AvgIpc) is 2.19. The van der Waals surface area contributed by atoms with Gasteiger partial charge < -0.3 is 10.2 Å². The quantitative estimate of drug-likeness (QED) is 0.750. The molecule has 82 valence electrons. The zero-order valence-electron chi connectivity index (χ0n) is 8.76. The first kappa shape index (κ1) is 13.4. The van der Waals surface area contributed by atoms with Crippen molar-refractivity contribution in [3.05, 3.63) is 48.6 Å². The minimum absolute atomic E-state index is 0.395. The number of hydrogen-bond donors (Lipinski definition) is 2. The third-order valence-corrected chi connectivity index (χ3v) is 1.57. The molecule has 0 fully saturated rings. The number of aliphatic hydroxyl groups excluding tert-OH is 1.